The van der Waals surface area contributed by atoms with Gasteiger partial charge in [-0.2, -0.15) is 5.01 Å². The first-order valence-electron chi connectivity index (χ1n) is 3.42. The van der Waals surface area contributed by atoms with Gasteiger partial charge >= 0.3 is 0 Å². The maximum Gasteiger partial charge on any atom is 0.0962 e. The Morgan fingerprint density at radius 1 is 1.27 bits per heavy atom. The lowest BCUT2D eigenvalue weighted by Crippen LogP contribution is -2.60. The minimum Gasteiger partial charge on any atom is -0.356 e. The SMILES string of the molecule is [NH3+]CCN(CC[NH3+])N(O)N=O. The van der Waals surface area contributed by atoms with Crippen LogP contribution in [0.1, 0.15) is 0 Å². The van der Waals surface area contributed by atoms with Crippen molar-refractivity contribution >= 4 is 0 Å². The van der Waals surface area contributed by atoms with E-state index in [1.165, 1.54) is 5.01 Å². The molecule has 7 heteroatoms. The third kappa shape index (κ3) is 3.83. The first-order chi connectivity index (χ1) is 5.26. The molecule has 0 heterocycles. The Morgan fingerprint density at radius 2 is 1.73 bits per heavy atom. The molecule has 0 aliphatic carbocycles. The predicted octanol–water partition coefficient (Wildman–Crippen LogP) is -2.94. The van der Waals surface area contributed by atoms with Gasteiger partial charge in [0.25, 0.3) is 0 Å². The molecule has 11 heavy (non-hydrogen) atoms. The van der Waals surface area contributed by atoms with Crippen LogP contribution >= 0.6 is 0 Å². The molecule has 0 spiro atoms. The van der Waals surface area contributed by atoms with Crippen LogP contribution < -0.4 is 11.5 Å². The molecule has 0 aromatic heterocycles. The van der Waals surface area contributed by atoms with Gasteiger partial charge in [-0.05, 0) is 0 Å². The summed E-state index contributed by atoms with van der Waals surface area (Å²) in [5.74, 6) is 0. The van der Waals surface area contributed by atoms with E-state index in [0.717, 1.165) is 0 Å². The Labute approximate surface area is 64.4 Å². The van der Waals surface area contributed by atoms with Crippen LogP contribution in [0.25, 0.3) is 0 Å². The molecule has 0 saturated carbocycles. The summed E-state index contributed by atoms with van der Waals surface area (Å²) in [4.78, 5) is 9.84. The summed E-state index contributed by atoms with van der Waals surface area (Å²) in [6.45, 7) is 2.20. The van der Waals surface area contributed by atoms with Crippen LogP contribution in [0.5, 0.6) is 0 Å². The van der Waals surface area contributed by atoms with Crippen molar-refractivity contribution in [2.45, 2.75) is 0 Å². The molecule has 0 aromatic rings. The van der Waals surface area contributed by atoms with Crippen molar-refractivity contribution in [2.24, 2.45) is 5.29 Å². The van der Waals surface area contributed by atoms with E-state index < -0.39 is 0 Å². The summed E-state index contributed by atoms with van der Waals surface area (Å²) in [5.41, 5.74) is 7.16. The summed E-state index contributed by atoms with van der Waals surface area (Å²) >= 11 is 0. The van der Waals surface area contributed by atoms with Gasteiger partial charge in [0, 0.05) is 0 Å². The number of nitroso groups, excluding NO2 is 1. The molecule has 0 bridgehead atoms. The molecule has 66 valence electrons. The Morgan fingerprint density at radius 3 is 2.00 bits per heavy atom. The highest BCUT2D eigenvalue weighted by molar-refractivity contribution is 4.44. The van der Waals surface area contributed by atoms with Crippen molar-refractivity contribution in [2.75, 3.05) is 26.2 Å². The van der Waals surface area contributed by atoms with Gasteiger partial charge in [0.05, 0.1) is 31.5 Å². The number of hydrogen-bond acceptors (Lipinski definition) is 4. The summed E-state index contributed by atoms with van der Waals surface area (Å²) in [6, 6.07) is 0. The van der Waals surface area contributed by atoms with Gasteiger partial charge in [-0.3, -0.25) is 5.21 Å². The third-order valence-corrected chi connectivity index (χ3v) is 1.16. The molecule has 0 rings (SSSR count). The highest BCUT2D eigenvalue weighted by Gasteiger charge is 2.11. The smallest absolute Gasteiger partial charge is 0.0962 e. The summed E-state index contributed by atoms with van der Waals surface area (Å²) in [5, 5.41) is 12.8. The Hall–Kier alpha value is -0.760. The molecule has 0 atom stereocenters. The van der Waals surface area contributed by atoms with Crippen LogP contribution in [0.4, 0.5) is 0 Å². The minimum absolute atomic E-state index is 0.288. The Balaban J connectivity index is 3.75. The minimum atomic E-state index is 0.288. The molecule has 0 fully saturated rings. The third-order valence-electron chi connectivity index (χ3n) is 1.16. The monoisotopic (exact) mass is 165 g/mol. The lowest BCUT2D eigenvalue weighted by atomic mass is 10.5. The molecule has 0 aromatic carbocycles. The summed E-state index contributed by atoms with van der Waals surface area (Å²) in [7, 11) is 0. The van der Waals surface area contributed by atoms with Gasteiger partial charge in [-0.15, -0.1) is 4.91 Å². The highest BCUT2D eigenvalue weighted by atomic mass is 16.6. The lowest BCUT2D eigenvalue weighted by molar-refractivity contribution is -0.396. The molecule has 0 radical (unpaired) electrons. The average Bonchev–Trinajstić information content (AvgIpc) is 2.03. The molecule has 0 amide bonds. The second kappa shape index (κ2) is 5.98. The molecule has 0 saturated heterocycles. The molecule has 0 aliphatic heterocycles. The van der Waals surface area contributed by atoms with Crippen molar-refractivity contribution in [1.82, 2.24) is 10.3 Å². The zero-order valence-electron chi connectivity index (χ0n) is 6.44. The standard InChI is InChI=1S/C4H13N5O2/c5-1-3-8(4-2-6)9(11)7-10/h11H,1-6H2/p+2. The summed E-state index contributed by atoms with van der Waals surface area (Å²) < 4.78 is 0. The van der Waals surface area contributed by atoms with Crippen LogP contribution in [0, 0.1) is 4.91 Å². The van der Waals surface area contributed by atoms with Crippen molar-refractivity contribution in [1.29, 1.82) is 0 Å². The van der Waals surface area contributed by atoms with E-state index in [4.69, 9.17) is 5.21 Å². The van der Waals surface area contributed by atoms with E-state index >= 15 is 0 Å². The normalized spacial score (nSPS) is 10.2. The van der Waals surface area contributed by atoms with Gasteiger partial charge in [-0.25, -0.2) is 0 Å². The first kappa shape index (κ1) is 10.2. The fourth-order valence-corrected chi connectivity index (χ4v) is 0.707. The summed E-state index contributed by atoms with van der Waals surface area (Å²) in [6.07, 6.45) is 0. The maximum absolute atomic E-state index is 9.84. The van der Waals surface area contributed by atoms with Crippen LogP contribution in [-0.4, -0.2) is 41.7 Å². The zero-order chi connectivity index (χ0) is 8.69. The number of rotatable bonds is 6. The van der Waals surface area contributed by atoms with Crippen molar-refractivity contribution < 1.29 is 16.7 Å². The fraction of sp³-hybridized carbons (Fsp3) is 1.00. The van der Waals surface area contributed by atoms with Crippen molar-refractivity contribution in [3.63, 3.8) is 0 Å². The van der Waals surface area contributed by atoms with E-state index in [0.29, 0.717) is 26.2 Å². The van der Waals surface area contributed by atoms with E-state index in [1.807, 2.05) is 0 Å². The molecular formula is C4H15N5O2+2. The second-order valence-electron chi connectivity index (χ2n) is 2.01. The van der Waals surface area contributed by atoms with E-state index in [1.54, 1.807) is 0 Å². The van der Waals surface area contributed by atoms with Gasteiger partial charge in [-0.1, -0.05) is 5.28 Å². The Bertz CT molecular complexity index is 105. The molecular weight excluding hydrogens is 150 g/mol. The zero-order valence-corrected chi connectivity index (χ0v) is 6.44. The Kier molecular flexibility index (Phi) is 5.57. The molecule has 7 nitrogen and oxygen atoms in total. The van der Waals surface area contributed by atoms with Gasteiger partial charge < -0.3 is 11.5 Å². The molecule has 0 aliphatic rings. The van der Waals surface area contributed by atoms with Crippen molar-refractivity contribution in [3.8, 4) is 0 Å². The van der Waals surface area contributed by atoms with E-state index in [-0.39, 0.29) is 5.28 Å². The largest absolute Gasteiger partial charge is 0.356 e. The topological polar surface area (TPSA) is 111 Å². The van der Waals surface area contributed by atoms with E-state index in [2.05, 4.69) is 16.8 Å². The number of quaternary nitrogens is 2. The van der Waals surface area contributed by atoms with E-state index in [9.17, 15) is 4.91 Å². The second-order valence-corrected chi connectivity index (χ2v) is 2.01. The predicted molar refractivity (Wildman–Crippen MR) is 36.5 cm³/mol. The van der Waals surface area contributed by atoms with Crippen LogP contribution in [0.3, 0.4) is 0 Å². The quantitative estimate of drug-likeness (QED) is 0.289. The van der Waals surface area contributed by atoms with Gasteiger partial charge in [0.2, 0.25) is 0 Å². The number of nitrogens with zero attached hydrogens (tertiary/aromatic N) is 3. The number of hydrazine groups is 1. The number of hydrogen-bond donors (Lipinski definition) is 3. The van der Waals surface area contributed by atoms with Gasteiger partial charge in [0.15, 0.2) is 0 Å². The highest BCUT2D eigenvalue weighted by Crippen LogP contribution is 1.90. The fourth-order valence-electron chi connectivity index (χ4n) is 0.707. The average molecular weight is 165 g/mol. The molecule has 7 N–H and O–H groups in total. The maximum atomic E-state index is 9.84. The van der Waals surface area contributed by atoms with Crippen LogP contribution in [-0.2, 0) is 0 Å². The lowest BCUT2D eigenvalue weighted by Gasteiger charge is -2.20. The first-order valence-corrected chi connectivity index (χ1v) is 3.42. The van der Waals surface area contributed by atoms with Gasteiger partial charge in [0.1, 0.15) is 0 Å². The van der Waals surface area contributed by atoms with Crippen LogP contribution in [0.15, 0.2) is 5.29 Å². The molecule has 0 unspecified atom stereocenters. The van der Waals surface area contributed by atoms with Crippen LogP contribution in [0.2, 0.25) is 0 Å². The van der Waals surface area contributed by atoms with Crippen molar-refractivity contribution in [3.05, 3.63) is 4.91 Å².